The molecule has 0 bridgehead atoms. The quantitative estimate of drug-likeness (QED) is 0.0352. The summed E-state index contributed by atoms with van der Waals surface area (Å²) in [6, 6.07) is 29.1. The maximum absolute atomic E-state index is 12.8. The molecule has 252 valence electrons. The molecule has 0 fully saturated rings. The van der Waals surface area contributed by atoms with Gasteiger partial charge < -0.3 is 18.9 Å². The average molecular weight is 685 g/mol. The van der Waals surface area contributed by atoms with Gasteiger partial charge in [-0.1, -0.05) is 36.8 Å². The Bertz CT molecular complexity index is 1940. The molecule has 4 aromatic carbocycles. The summed E-state index contributed by atoms with van der Waals surface area (Å²) in [5.74, 6) is 12.7. The lowest BCUT2D eigenvalue weighted by Gasteiger charge is -2.08. The molecule has 4 rings (SSSR count). The monoisotopic (exact) mass is 684 g/mol. The predicted molar refractivity (Wildman–Crippen MR) is 195 cm³/mol. The van der Waals surface area contributed by atoms with Gasteiger partial charge in [-0.05, 0) is 129 Å². The van der Waals surface area contributed by atoms with E-state index in [1.807, 2.05) is 60.7 Å². The lowest BCUT2D eigenvalue weighted by molar-refractivity contribution is -0.139. The number of rotatable bonds is 13. The topological polar surface area (TPSA) is 88.1 Å². The minimum absolute atomic E-state index is 0.0669. The summed E-state index contributed by atoms with van der Waals surface area (Å²) >= 11 is 1.15. The van der Waals surface area contributed by atoms with Gasteiger partial charge in [0.05, 0.1) is 25.4 Å². The zero-order valence-corrected chi connectivity index (χ0v) is 28.8. The summed E-state index contributed by atoms with van der Waals surface area (Å²) in [6.07, 6.45) is 1.44. The van der Waals surface area contributed by atoms with Crippen LogP contribution in [0.25, 0.3) is 0 Å². The molecule has 0 aliphatic rings. The molecule has 0 heterocycles. The Morgan fingerprint density at radius 3 is 1.64 bits per heavy atom. The van der Waals surface area contributed by atoms with Crippen LogP contribution < -0.4 is 9.47 Å². The van der Waals surface area contributed by atoms with E-state index in [0.29, 0.717) is 42.3 Å². The lowest BCUT2D eigenvalue weighted by atomic mass is 10.1. The average Bonchev–Trinajstić information content (AvgIpc) is 3.13. The van der Waals surface area contributed by atoms with Crippen molar-refractivity contribution in [2.24, 2.45) is 0 Å². The van der Waals surface area contributed by atoms with Crippen molar-refractivity contribution < 1.29 is 33.3 Å². The minimum Gasteiger partial charge on any atom is -0.494 e. The summed E-state index contributed by atoms with van der Waals surface area (Å²) in [7, 11) is 1.49. The van der Waals surface area contributed by atoms with E-state index < -0.39 is 5.97 Å². The number of methoxy groups -OCH3 is 1. The molecular weight excluding hydrogens is 649 g/mol. The zero-order valence-electron chi connectivity index (χ0n) is 28.0. The Morgan fingerprint density at radius 2 is 1.12 bits per heavy atom. The fourth-order valence-corrected chi connectivity index (χ4v) is 4.83. The number of unbranched alkanes of at least 4 members (excludes halogenated alkanes) is 1. The Balaban J connectivity index is 1.22. The lowest BCUT2D eigenvalue weighted by Crippen LogP contribution is -2.13. The fraction of sp³-hybridized carbons (Fsp3) is 0.167. The van der Waals surface area contributed by atoms with E-state index in [1.54, 1.807) is 43.3 Å². The van der Waals surface area contributed by atoms with Crippen molar-refractivity contribution in [1.82, 2.24) is 0 Å². The van der Waals surface area contributed by atoms with Gasteiger partial charge in [0.2, 0.25) is 5.12 Å². The van der Waals surface area contributed by atoms with Crippen LogP contribution in [0.5, 0.6) is 11.5 Å². The van der Waals surface area contributed by atoms with E-state index in [9.17, 15) is 14.4 Å². The van der Waals surface area contributed by atoms with Crippen molar-refractivity contribution in [2.75, 3.05) is 26.9 Å². The van der Waals surface area contributed by atoms with Gasteiger partial charge in [0.1, 0.15) is 11.5 Å². The number of hydrogen-bond acceptors (Lipinski definition) is 8. The van der Waals surface area contributed by atoms with Crippen LogP contribution in [0.4, 0.5) is 0 Å². The largest absolute Gasteiger partial charge is 0.494 e. The third-order valence-electron chi connectivity index (χ3n) is 6.80. The summed E-state index contributed by atoms with van der Waals surface area (Å²) in [6.45, 7) is 9.76. The first kappa shape index (κ1) is 37.0. The molecule has 0 aliphatic heterocycles. The second kappa shape index (κ2) is 19.3. The van der Waals surface area contributed by atoms with Crippen LogP contribution in [0.2, 0.25) is 0 Å². The molecule has 7 nitrogen and oxygen atoms in total. The molecule has 4 aromatic rings. The number of ether oxygens (including phenoxy) is 4. The molecule has 50 heavy (non-hydrogen) atoms. The minimum atomic E-state index is -0.534. The van der Waals surface area contributed by atoms with Crippen LogP contribution in [0.1, 0.15) is 52.4 Å². The van der Waals surface area contributed by atoms with Gasteiger partial charge in [-0.3, -0.25) is 4.79 Å². The van der Waals surface area contributed by atoms with Crippen molar-refractivity contribution in [2.45, 2.75) is 24.7 Å². The van der Waals surface area contributed by atoms with Gasteiger partial charge in [-0.15, -0.1) is 0 Å². The van der Waals surface area contributed by atoms with Gasteiger partial charge in [0.15, 0.2) is 0 Å². The molecule has 0 amide bonds. The third kappa shape index (κ3) is 12.3. The summed E-state index contributed by atoms with van der Waals surface area (Å²) < 4.78 is 21.0. The Labute approximate surface area is 297 Å². The molecule has 0 saturated carbocycles. The number of carbonyl (C=O) groups excluding carboxylic acids is 3. The van der Waals surface area contributed by atoms with E-state index >= 15 is 0 Å². The van der Waals surface area contributed by atoms with E-state index in [1.165, 1.54) is 7.11 Å². The predicted octanol–water partition coefficient (Wildman–Crippen LogP) is 7.81. The van der Waals surface area contributed by atoms with Crippen LogP contribution in [0, 0.1) is 23.7 Å². The summed E-state index contributed by atoms with van der Waals surface area (Å²) in [5.41, 5.74) is 4.45. The Kier molecular flexibility index (Phi) is 14.3. The maximum atomic E-state index is 12.8. The highest BCUT2D eigenvalue weighted by molar-refractivity contribution is 8.14. The molecule has 0 unspecified atom stereocenters. The highest BCUT2D eigenvalue weighted by Crippen LogP contribution is 2.25. The van der Waals surface area contributed by atoms with Crippen LogP contribution in [-0.4, -0.2) is 44.0 Å². The molecule has 0 aliphatic carbocycles. The molecule has 0 radical (unpaired) electrons. The maximum Gasteiger partial charge on any atom is 0.341 e. The number of carbonyl (C=O) groups is 3. The SMILES string of the molecule is C=C(C)C(=O)OCCCCOc1ccc(SC(=O)c2ccc(C#Cc3ccc(C#Cc4ccc(OC(=O)C(=C)COC)cc4)cc3)cc2)cc1. The van der Waals surface area contributed by atoms with Crippen molar-refractivity contribution in [3.05, 3.63) is 149 Å². The second-order valence-corrected chi connectivity index (χ2v) is 12.0. The number of hydrogen-bond donors (Lipinski definition) is 0. The molecule has 0 N–H and O–H groups in total. The first-order valence-electron chi connectivity index (χ1n) is 15.7. The van der Waals surface area contributed by atoms with Crippen molar-refractivity contribution in [3.8, 4) is 35.2 Å². The van der Waals surface area contributed by atoms with Gasteiger partial charge >= 0.3 is 11.9 Å². The van der Waals surface area contributed by atoms with Gasteiger partial charge in [0.25, 0.3) is 0 Å². The smallest absolute Gasteiger partial charge is 0.341 e. The van der Waals surface area contributed by atoms with Gasteiger partial charge in [-0.2, -0.15) is 0 Å². The van der Waals surface area contributed by atoms with Crippen molar-refractivity contribution in [1.29, 1.82) is 0 Å². The summed E-state index contributed by atoms with van der Waals surface area (Å²) in [5, 5.41) is -0.0669. The van der Waals surface area contributed by atoms with E-state index in [-0.39, 0.29) is 23.3 Å². The Hall–Kier alpha value is -5.80. The normalized spacial score (nSPS) is 10.0. The first-order chi connectivity index (χ1) is 24.2. The van der Waals surface area contributed by atoms with Crippen molar-refractivity contribution in [3.63, 3.8) is 0 Å². The molecule has 8 heteroatoms. The van der Waals surface area contributed by atoms with E-state index in [2.05, 4.69) is 36.8 Å². The highest BCUT2D eigenvalue weighted by atomic mass is 32.2. The highest BCUT2D eigenvalue weighted by Gasteiger charge is 2.10. The van der Waals surface area contributed by atoms with Crippen LogP contribution in [-0.2, 0) is 19.1 Å². The molecule has 0 saturated heterocycles. The second-order valence-electron chi connectivity index (χ2n) is 10.9. The molecule has 0 atom stereocenters. The standard InChI is InChI=1S/C42H36O7S/c1-30(2)40(43)48-28-6-5-27-47-37-23-25-39(26-24-37)50-42(45)36-19-15-34(16-20-36)13-11-32-7-9-33(10-8-32)12-14-35-17-21-38(22-18-35)49-41(44)31(3)29-46-4/h7-10,15-26H,1,3,5-6,27-29H2,2,4H3. The number of benzene rings is 4. The fourth-order valence-electron chi connectivity index (χ4n) is 4.09. The summed E-state index contributed by atoms with van der Waals surface area (Å²) in [4.78, 5) is 37.0. The zero-order chi connectivity index (χ0) is 35.7. The molecular formula is C42H36O7S. The van der Waals surface area contributed by atoms with E-state index in [4.69, 9.17) is 18.9 Å². The Morgan fingerprint density at radius 1 is 0.640 bits per heavy atom. The van der Waals surface area contributed by atoms with Crippen molar-refractivity contribution >= 4 is 28.8 Å². The number of thioether (sulfide) groups is 1. The number of esters is 2. The third-order valence-corrected chi connectivity index (χ3v) is 7.73. The van der Waals surface area contributed by atoms with Gasteiger partial charge in [-0.25, -0.2) is 9.59 Å². The molecule has 0 spiro atoms. The van der Waals surface area contributed by atoms with Gasteiger partial charge in [0, 0.05) is 45.4 Å². The molecule has 0 aromatic heterocycles. The van der Waals surface area contributed by atoms with Crippen LogP contribution >= 0.6 is 11.8 Å². The first-order valence-corrected chi connectivity index (χ1v) is 16.5. The van der Waals surface area contributed by atoms with E-state index in [0.717, 1.165) is 45.3 Å². The van der Waals surface area contributed by atoms with Crippen LogP contribution in [0.3, 0.4) is 0 Å². The van der Waals surface area contributed by atoms with Crippen LogP contribution in [0.15, 0.2) is 126 Å².